The van der Waals surface area contributed by atoms with Crippen LogP contribution < -0.4 is 10.1 Å². The molecule has 1 heterocycles. The first-order valence-electron chi connectivity index (χ1n) is 10.4. The summed E-state index contributed by atoms with van der Waals surface area (Å²) >= 11 is 2.28. The Labute approximate surface area is 195 Å². The summed E-state index contributed by atoms with van der Waals surface area (Å²) in [5.74, 6) is 0.417. The highest BCUT2D eigenvalue weighted by atomic mass is 127. The first kappa shape index (κ1) is 21.6. The van der Waals surface area contributed by atoms with E-state index in [1.54, 1.807) is 19.1 Å². The normalized spacial score (nSPS) is 20.5. The van der Waals surface area contributed by atoms with E-state index in [1.165, 1.54) is 0 Å². The number of carbonyl (C=O) groups excluding carboxylic acids is 2. The molecule has 1 aliphatic heterocycles. The predicted molar refractivity (Wildman–Crippen MR) is 124 cm³/mol. The van der Waals surface area contributed by atoms with E-state index in [9.17, 15) is 14.9 Å². The molecule has 2 aliphatic rings. The maximum Gasteiger partial charge on any atom is 0.305 e. The van der Waals surface area contributed by atoms with Crippen LogP contribution in [0.15, 0.2) is 36.4 Å². The zero-order valence-electron chi connectivity index (χ0n) is 17.2. The van der Waals surface area contributed by atoms with E-state index in [4.69, 9.17) is 9.47 Å². The predicted octanol–water partition coefficient (Wildman–Crippen LogP) is 4.34. The van der Waals surface area contributed by atoms with Crippen molar-refractivity contribution >= 4 is 40.2 Å². The minimum Gasteiger partial charge on any atom is -0.492 e. The molecular weight excluding hydrogens is 507 g/mol. The van der Waals surface area contributed by atoms with E-state index < -0.39 is 0 Å². The lowest BCUT2D eigenvalue weighted by molar-refractivity contribution is -0.143. The van der Waals surface area contributed by atoms with Crippen molar-refractivity contribution in [3.8, 4) is 11.8 Å². The SMILES string of the molecule is CCOC(=O)CCCc1ccc(C#N)cc1NC(=O)[C@@H]1C[C@]12COc1ccc(I)cc12. The van der Waals surface area contributed by atoms with Gasteiger partial charge < -0.3 is 14.8 Å². The highest BCUT2D eigenvalue weighted by Crippen LogP contribution is 2.60. The van der Waals surface area contributed by atoms with Gasteiger partial charge in [-0.15, -0.1) is 0 Å². The minimum atomic E-state index is -0.252. The lowest BCUT2D eigenvalue weighted by Crippen LogP contribution is -2.23. The van der Waals surface area contributed by atoms with Gasteiger partial charge in [-0.1, -0.05) is 6.07 Å². The largest absolute Gasteiger partial charge is 0.492 e. The molecule has 0 unspecified atom stereocenters. The van der Waals surface area contributed by atoms with Crippen LogP contribution in [0.4, 0.5) is 5.69 Å². The van der Waals surface area contributed by atoms with Crippen LogP contribution in [0.3, 0.4) is 0 Å². The molecule has 160 valence electrons. The molecule has 1 spiro atoms. The van der Waals surface area contributed by atoms with Gasteiger partial charge in [0.2, 0.25) is 5.91 Å². The lowest BCUT2D eigenvalue weighted by Gasteiger charge is -2.13. The van der Waals surface area contributed by atoms with Crippen molar-refractivity contribution in [3.63, 3.8) is 0 Å². The fourth-order valence-electron chi connectivity index (χ4n) is 4.26. The van der Waals surface area contributed by atoms with Crippen LogP contribution in [-0.2, 0) is 26.2 Å². The number of hydrogen-bond donors (Lipinski definition) is 1. The minimum absolute atomic E-state index is 0.0583. The summed E-state index contributed by atoms with van der Waals surface area (Å²) in [4.78, 5) is 24.7. The second-order valence-electron chi connectivity index (χ2n) is 7.97. The third kappa shape index (κ3) is 4.40. The summed E-state index contributed by atoms with van der Waals surface area (Å²) in [5.41, 5.74) is 2.89. The monoisotopic (exact) mass is 530 g/mol. The molecule has 1 saturated carbocycles. The number of ether oxygens (including phenoxy) is 2. The molecule has 1 N–H and O–H groups in total. The Morgan fingerprint density at radius 3 is 2.94 bits per heavy atom. The molecule has 31 heavy (non-hydrogen) atoms. The summed E-state index contributed by atoms with van der Waals surface area (Å²) in [6.45, 7) is 2.67. The number of nitriles is 1. The molecule has 0 bridgehead atoms. The smallest absolute Gasteiger partial charge is 0.305 e. The van der Waals surface area contributed by atoms with Crippen molar-refractivity contribution in [2.75, 3.05) is 18.5 Å². The average molecular weight is 530 g/mol. The Morgan fingerprint density at radius 2 is 2.16 bits per heavy atom. The van der Waals surface area contributed by atoms with E-state index >= 15 is 0 Å². The highest BCUT2D eigenvalue weighted by molar-refractivity contribution is 14.1. The number of nitrogens with one attached hydrogen (secondary N) is 1. The van der Waals surface area contributed by atoms with Crippen LogP contribution in [-0.4, -0.2) is 25.1 Å². The third-order valence-electron chi connectivity index (χ3n) is 5.98. The molecule has 0 radical (unpaired) electrons. The molecule has 6 nitrogen and oxygen atoms in total. The number of anilines is 1. The van der Waals surface area contributed by atoms with E-state index in [2.05, 4.69) is 40.0 Å². The molecule has 2 atom stereocenters. The maximum atomic E-state index is 13.1. The van der Waals surface area contributed by atoms with Gasteiger partial charge in [0.25, 0.3) is 0 Å². The van der Waals surface area contributed by atoms with Crippen LogP contribution in [0.2, 0.25) is 0 Å². The molecule has 1 fully saturated rings. The van der Waals surface area contributed by atoms with Crippen LogP contribution in [0.5, 0.6) is 5.75 Å². The number of hydrogen-bond acceptors (Lipinski definition) is 5. The molecule has 2 aromatic rings. The Balaban J connectivity index is 1.47. The molecule has 0 aromatic heterocycles. The summed E-state index contributed by atoms with van der Waals surface area (Å²) < 4.78 is 11.9. The average Bonchev–Trinajstić information content (AvgIpc) is 3.39. The van der Waals surface area contributed by atoms with Crippen LogP contribution in [0.25, 0.3) is 0 Å². The number of carbonyl (C=O) groups is 2. The molecule has 1 amide bonds. The van der Waals surface area contributed by atoms with Gasteiger partial charge in [0.05, 0.1) is 30.8 Å². The summed E-state index contributed by atoms with van der Waals surface area (Å²) in [6.07, 6.45) is 2.29. The number of fused-ring (bicyclic) bond motifs is 2. The van der Waals surface area contributed by atoms with Crippen LogP contribution >= 0.6 is 22.6 Å². The molecule has 0 saturated heterocycles. The summed E-state index contributed by atoms with van der Waals surface area (Å²) in [7, 11) is 0. The first-order chi connectivity index (χ1) is 15.0. The van der Waals surface area contributed by atoms with Gasteiger partial charge in [-0.25, -0.2) is 0 Å². The van der Waals surface area contributed by atoms with E-state index in [0.29, 0.717) is 43.7 Å². The van der Waals surface area contributed by atoms with E-state index in [-0.39, 0.29) is 23.2 Å². The lowest BCUT2D eigenvalue weighted by atomic mass is 9.95. The number of benzene rings is 2. The van der Waals surface area contributed by atoms with Crippen LogP contribution in [0, 0.1) is 20.8 Å². The highest BCUT2D eigenvalue weighted by Gasteiger charge is 2.63. The van der Waals surface area contributed by atoms with Crippen molar-refractivity contribution in [2.24, 2.45) is 5.92 Å². The van der Waals surface area contributed by atoms with Crippen LogP contribution in [0.1, 0.15) is 42.9 Å². The number of halogens is 1. The van der Waals surface area contributed by atoms with Crippen molar-refractivity contribution in [1.29, 1.82) is 5.26 Å². The Bertz CT molecular complexity index is 1080. The number of aryl methyl sites for hydroxylation is 1. The number of esters is 1. The molecule has 1 aliphatic carbocycles. The fraction of sp³-hybridized carbons (Fsp3) is 0.375. The summed E-state index contributed by atoms with van der Waals surface area (Å²) in [5, 5.41) is 12.3. The van der Waals surface area contributed by atoms with Crippen molar-refractivity contribution in [3.05, 3.63) is 56.7 Å². The first-order valence-corrected chi connectivity index (χ1v) is 11.5. The number of nitrogens with zero attached hydrogens (tertiary/aromatic N) is 1. The van der Waals surface area contributed by atoms with Crippen molar-refractivity contribution < 1.29 is 19.1 Å². The standard InChI is InChI=1S/C24H23IN2O4/c1-2-30-22(28)5-3-4-16-7-6-15(13-26)10-20(16)27-23(29)19-12-24(19)14-31-21-9-8-17(25)11-18(21)24/h6-11,19H,2-5,12,14H2,1H3,(H,27,29)/t19-,24+/m0/s1. The molecule has 4 rings (SSSR count). The number of amides is 1. The van der Waals surface area contributed by atoms with Gasteiger partial charge in [-0.05, 0) is 84.7 Å². The second kappa shape index (κ2) is 8.87. The fourth-order valence-corrected chi connectivity index (χ4v) is 4.76. The van der Waals surface area contributed by atoms with Gasteiger partial charge >= 0.3 is 5.97 Å². The van der Waals surface area contributed by atoms with E-state index in [1.807, 2.05) is 18.2 Å². The maximum absolute atomic E-state index is 13.1. The van der Waals surface area contributed by atoms with Gasteiger partial charge in [-0.2, -0.15) is 5.26 Å². The Kier molecular flexibility index (Phi) is 6.19. The molecular formula is C24H23IN2O4. The van der Waals surface area contributed by atoms with E-state index in [0.717, 1.165) is 26.9 Å². The van der Waals surface area contributed by atoms with Gasteiger partial charge in [0, 0.05) is 26.7 Å². The second-order valence-corrected chi connectivity index (χ2v) is 9.22. The van der Waals surface area contributed by atoms with Gasteiger partial charge in [0.1, 0.15) is 5.75 Å². The zero-order chi connectivity index (χ0) is 22.0. The Morgan fingerprint density at radius 1 is 1.32 bits per heavy atom. The van der Waals surface area contributed by atoms with Gasteiger partial charge in [0.15, 0.2) is 0 Å². The molecule has 7 heteroatoms. The Hall–Kier alpha value is -2.60. The number of rotatable bonds is 7. The third-order valence-corrected chi connectivity index (χ3v) is 6.66. The molecule has 2 aromatic carbocycles. The zero-order valence-corrected chi connectivity index (χ0v) is 19.4. The van der Waals surface area contributed by atoms with Crippen molar-refractivity contribution in [2.45, 2.75) is 38.0 Å². The van der Waals surface area contributed by atoms with Crippen molar-refractivity contribution in [1.82, 2.24) is 0 Å². The van der Waals surface area contributed by atoms with Gasteiger partial charge in [-0.3, -0.25) is 9.59 Å². The quantitative estimate of drug-likeness (QED) is 0.425. The summed E-state index contributed by atoms with van der Waals surface area (Å²) in [6, 6.07) is 13.5. The topological polar surface area (TPSA) is 88.4 Å².